The summed E-state index contributed by atoms with van der Waals surface area (Å²) in [5.74, 6) is 0.475. The number of ether oxygens (including phenoxy) is 2. The molecule has 0 bridgehead atoms. The molecule has 3 heteroatoms. The molecule has 0 radical (unpaired) electrons. The highest BCUT2D eigenvalue weighted by atomic mass is 16.5. The molecule has 0 spiro atoms. The Morgan fingerprint density at radius 2 is 1.95 bits per heavy atom. The summed E-state index contributed by atoms with van der Waals surface area (Å²) in [7, 11) is 1.62. The topological polar surface area (TPSA) is 35.5 Å². The number of carbonyl (C=O) groups excluding carboxylic acids is 1. The van der Waals surface area contributed by atoms with Crippen LogP contribution in [-0.2, 0) is 9.53 Å². The van der Waals surface area contributed by atoms with Crippen LogP contribution in [0.15, 0.2) is 42.5 Å². The van der Waals surface area contributed by atoms with Crippen molar-refractivity contribution in [1.29, 1.82) is 0 Å². The molecule has 0 aliphatic carbocycles. The molecule has 3 nitrogen and oxygen atoms in total. The largest absolute Gasteiger partial charge is 0.497 e. The fraction of sp³-hybridized carbons (Fsp3) is 0.312. The van der Waals surface area contributed by atoms with Gasteiger partial charge in [0.25, 0.3) is 0 Å². The number of allylic oxidation sites excluding steroid dienone is 1. The first-order valence-electron chi connectivity index (χ1n) is 6.40. The standard InChI is InChI=1S/C16H20O3/c1-3-4-5-6-13-19-16(17)12-9-14-7-10-15(18-2)11-8-14/h4-5,7-12H,3,6,13H2,1-2H3/b5-4+,12-9+. The molecule has 1 aromatic rings. The maximum Gasteiger partial charge on any atom is 0.330 e. The van der Waals surface area contributed by atoms with E-state index in [-0.39, 0.29) is 5.97 Å². The van der Waals surface area contributed by atoms with Crippen LogP contribution >= 0.6 is 0 Å². The van der Waals surface area contributed by atoms with Crippen LogP contribution in [-0.4, -0.2) is 19.7 Å². The maximum atomic E-state index is 11.4. The monoisotopic (exact) mass is 260 g/mol. The molecule has 0 saturated heterocycles. The predicted molar refractivity (Wildman–Crippen MR) is 77.0 cm³/mol. The van der Waals surface area contributed by atoms with Gasteiger partial charge in [0.1, 0.15) is 5.75 Å². The van der Waals surface area contributed by atoms with E-state index in [1.54, 1.807) is 13.2 Å². The van der Waals surface area contributed by atoms with Crippen molar-refractivity contribution in [2.24, 2.45) is 0 Å². The van der Waals surface area contributed by atoms with Gasteiger partial charge < -0.3 is 9.47 Å². The van der Waals surface area contributed by atoms with Gasteiger partial charge in [-0.2, -0.15) is 0 Å². The summed E-state index contributed by atoms with van der Waals surface area (Å²) in [6.45, 7) is 2.49. The minimum Gasteiger partial charge on any atom is -0.497 e. The Morgan fingerprint density at radius 1 is 1.21 bits per heavy atom. The predicted octanol–water partition coefficient (Wildman–Crippen LogP) is 3.61. The van der Waals surface area contributed by atoms with E-state index in [1.165, 1.54) is 6.08 Å². The summed E-state index contributed by atoms with van der Waals surface area (Å²) in [6, 6.07) is 7.46. The average molecular weight is 260 g/mol. The SMILES string of the molecule is CC/C=C/CCOC(=O)/C=C/c1ccc(OC)cc1. The van der Waals surface area contributed by atoms with Gasteiger partial charge in [-0.3, -0.25) is 0 Å². The lowest BCUT2D eigenvalue weighted by molar-refractivity contribution is -0.137. The molecule has 0 heterocycles. The molecule has 0 aliphatic rings. The fourth-order valence-corrected chi connectivity index (χ4v) is 1.44. The van der Waals surface area contributed by atoms with Crippen molar-refractivity contribution in [3.8, 4) is 5.75 Å². The third-order valence-electron chi connectivity index (χ3n) is 2.46. The molecule has 0 unspecified atom stereocenters. The first-order chi connectivity index (χ1) is 9.26. The molecule has 0 aromatic heterocycles. The number of methoxy groups -OCH3 is 1. The van der Waals surface area contributed by atoms with Gasteiger partial charge in [0.05, 0.1) is 13.7 Å². The number of carbonyl (C=O) groups is 1. The Morgan fingerprint density at radius 3 is 2.58 bits per heavy atom. The fourth-order valence-electron chi connectivity index (χ4n) is 1.44. The molecule has 19 heavy (non-hydrogen) atoms. The number of rotatable bonds is 7. The second kappa shape index (κ2) is 8.97. The van der Waals surface area contributed by atoms with E-state index in [0.29, 0.717) is 6.61 Å². The number of hydrogen-bond acceptors (Lipinski definition) is 3. The molecule has 0 fully saturated rings. The van der Waals surface area contributed by atoms with Crippen molar-refractivity contribution in [3.63, 3.8) is 0 Å². The first kappa shape index (κ1) is 15.0. The van der Waals surface area contributed by atoms with Gasteiger partial charge in [-0.15, -0.1) is 0 Å². The van der Waals surface area contributed by atoms with E-state index in [2.05, 4.69) is 13.0 Å². The van der Waals surface area contributed by atoms with Gasteiger partial charge in [0, 0.05) is 6.08 Å². The Bertz CT molecular complexity index is 430. The van der Waals surface area contributed by atoms with Crippen molar-refractivity contribution < 1.29 is 14.3 Å². The van der Waals surface area contributed by atoms with Crippen LogP contribution < -0.4 is 4.74 Å². The number of hydrogen-bond donors (Lipinski definition) is 0. The van der Waals surface area contributed by atoms with Crippen LogP contribution in [0.25, 0.3) is 6.08 Å². The summed E-state index contributed by atoms with van der Waals surface area (Å²) in [4.78, 5) is 11.4. The van der Waals surface area contributed by atoms with Crippen LogP contribution in [0.5, 0.6) is 5.75 Å². The van der Waals surface area contributed by atoms with Gasteiger partial charge in [-0.05, 0) is 36.6 Å². The van der Waals surface area contributed by atoms with Gasteiger partial charge in [0.15, 0.2) is 0 Å². The quantitative estimate of drug-likeness (QED) is 0.325. The van der Waals surface area contributed by atoms with E-state index < -0.39 is 0 Å². The molecule has 0 amide bonds. The second-order valence-corrected chi connectivity index (χ2v) is 3.94. The van der Waals surface area contributed by atoms with Crippen LogP contribution in [0.2, 0.25) is 0 Å². The summed E-state index contributed by atoms with van der Waals surface area (Å²) in [5, 5.41) is 0. The third-order valence-corrected chi connectivity index (χ3v) is 2.46. The van der Waals surface area contributed by atoms with Crippen molar-refractivity contribution in [2.75, 3.05) is 13.7 Å². The van der Waals surface area contributed by atoms with Crippen LogP contribution in [0.4, 0.5) is 0 Å². The van der Waals surface area contributed by atoms with E-state index in [1.807, 2.05) is 30.3 Å². The summed E-state index contributed by atoms with van der Waals surface area (Å²) >= 11 is 0. The van der Waals surface area contributed by atoms with Crippen LogP contribution in [0, 0.1) is 0 Å². The summed E-state index contributed by atoms with van der Waals surface area (Å²) < 4.78 is 10.1. The highest BCUT2D eigenvalue weighted by molar-refractivity contribution is 5.87. The highest BCUT2D eigenvalue weighted by Gasteiger charge is 1.96. The lowest BCUT2D eigenvalue weighted by atomic mass is 10.2. The molecule has 0 atom stereocenters. The van der Waals surface area contributed by atoms with Gasteiger partial charge >= 0.3 is 5.97 Å². The molecule has 102 valence electrons. The first-order valence-corrected chi connectivity index (χ1v) is 6.40. The maximum absolute atomic E-state index is 11.4. The number of benzene rings is 1. The lowest BCUT2D eigenvalue weighted by Crippen LogP contribution is -2.01. The van der Waals surface area contributed by atoms with E-state index in [0.717, 1.165) is 24.2 Å². The smallest absolute Gasteiger partial charge is 0.330 e. The van der Waals surface area contributed by atoms with Gasteiger partial charge in [-0.25, -0.2) is 4.79 Å². The molecular weight excluding hydrogens is 240 g/mol. The van der Waals surface area contributed by atoms with Crippen LogP contribution in [0.1, 0.15) is 25.3 Å². The Hall–Kier alpha value is -2.03. The summed E-state index contributed by atoms with van der Waals surface area (Å²) in [6.07, 6.45) is 9.00. The lowest BCUT2D eigenvalue weighted by Gasteiger charge is -2.00. The van der Waals surface area contributed by atoms with Crippen molar-refractivity contribution in [1.82, 2.24) is 0 Å². The number of esters is 1. The Kier molecular flexibility index (Phi) is 7.10. The van der Waals surface area contributed by atoms with Crippen LogP contribution in [0.3, 0.4) is 0 Å². The highest BCUT2D eigenvalue weighted by Crippen LogP contribution is 2.12. The molecule has 0 aliphatic heterocycles. The molecule has 0 saturated carbocycles. The zero-order valence-corrected chi connectivity index (χ0v) is 11.5. The van der Waals surface area contributed by atoms with Gasteiger partial charge in [0.2, 0.25) is 0 Å². The van der Waals surface area contributed by atoms with E-state index >= 15 is 0 Å². The van der Waals surface area contributed by atoms with Crippen molar-refractivity contribution in [2.45, 2.75) is 19.8 Å². The minimum absolute atomic E-state index is 0.319. The van der Waals surface area contributed by atoms with E-state index in [4.69, 9.17) is 9.47 Å². The minimum atomic E-state index is -0.319. The van der Waals surface area contributed by atoms with Crippen molar-refractivity contribution in [3.05, 3.63) is 48.1 Å². The zero-order chi connectivity index (χ0) is 13.9. The van der Waals surface area contributed by atoms with Crippen molar-refractivity contribution >= 4 is 12.0 Å². The normalized spacial score (nSPS) is 11.1. The average Bonchev–Trinajstić information content (AvgIpc) is 2.45. The Balaban J connectivity index is 2.34. The van der Waals surface area contributed by atoms with E-state index in [9.17, 15) is 4.79 Å². The second-order valence-electron chi connectivity index (χ2n) is 3.94. The Labute approximate surface area is 114 Å². The summed E-state index contributed by atoms with van der Waals surface area (Å²) in [5.41, 5.74) is 0.934. The molecule has 1 aromatic carbocycles. The van der Waals surface area contributed by atoms with Gasteiger partial charge in [-0.1, -0.05) is 31.2 Å². The zero-order valence-electron chi connectivity index (χ0n) is 11.5. The molecule has 0 N–H and O–H groups in total. The molecular formula is C16H20O3. The third kappa shape index (κ3) is 6.46. The molecule has 1 rings (SSSR count).